The molecule has 2 aromatic carbocycles. The van der Waals surface area contributed by atoms with Crippen LogP contribution in [0.5, 0.6) is 0 Å². The van der Waals surface area contributed by atoms with Crippen LogP contribution in [0.25, 0.3) is 0 Å². The normalized spacial score (nSPS) is 22.6. The van der Waals surface area contributed by atoms with Crippen molar-refractivity contribution in [3.05, 3.63) is 71.3 Å². The zero-order valence-electron chi connectivity index (χ0n) is 13.0. The first-order valence-electron chi connectivity index (χ1n) is 7.85. The monoisotopic (exact) mass is 297 g/mol. The number of aryl methyl sites for hydroxylation is 1. The third-order valence-corrected chi connectivity index (χ3v) is 4.28. The standard InChI is InChI=1S/C19H23NO2/c1-15-7-9-16(10-8-15)13-20-11-12-22-18(14-21)19(20)17-5-3-2-4-6-17/h2-10,18-19,21H,11-14H2,1H3/t18-,19-/m1/s1. The summed E-state index contributed by atoms with van der Waals surface area (Å²) in [4.78, 5) is 2.41. The second-order valence-electron chi connectivity index (χ2n) is 5.90. The molecule has 0 radical (unpaired) electrons. The zero-order chi connectivity index (χ0) is 15.4. The highest BCUT2D eigenvalue weighted by molar-refractivity contribution is 5.24. The van der Waals surface area contributed by atoms with E-state index in [9.17, 15) is 5.11 Å². The van der Waals surface area contributed by atoms with E-state index in [2.05, 4.69) is 48.2 Å². The maximum Gasteiger partial charge on any atom is 0.100 e. The molecule has 0 aliphatic carbocycles. The molecule has 0 aromatic heterocycles. The molecule has 0 spiro atoms. The van der Waals surface area contributed by atoms with E-state index in [1.54, 1.807) is 0 Å². The van der Waals surface area contributed by atoms with Crippen molar-refractivity contribution in [2.75, 3.05) is 19.8 Å². The van der Waals surface area contributed by atoms with E-state index >= 15 is 0 Å². The Hall–Kier alpha value is -1.68. The van der Waals surface area contributed by atoms with Crippen molar-refractivity contribution >= 4 is 0 Å². The van der Waals surface area contributed by atoms with Gasteiger partial charge in [0.05, 0.1) is 19.3 Å². The van der Waals surface area contributed by atoms with Crippen molar-refractivity contribution in [3.63, 3.8) is 0 Å². The molecule has 1 N–H and O–H groups in total. The van der Waals surface area contributed by atoms with Crippen molar-refractivity contribution in [1.29, 1.82) is 0 Å². The van der Waals surface area contributed by atoms with Gasteiger partial charge in [0, 0.05) is 13.1 Å². The second-order valence-corrected chi connectivity index (χ2v) is 5.90. The second kappa shape index (κ2) is 7.05. The number of morpholine rings is 1. The number of aliphatic hydroxyl groups excluding tert-OH is 1. The van der Waals surface area contributed by atoms with Gasteiger partial charge in [-0.15, -0.1) is 0 Å². The van der Waals surface area contributed by atoms with Gasteiger partial charge in [0.15, 0.2) is 0 Å². The van der Waals surface area contributed by atoms with Gasteiger partial charge in [0.2, 0.25) is 0 Å². The highest BCUT2D eigenvalue weighted by atomic mass is 16.5. The van der Waals surface area contributed by atoms with Crippen molar-refractivity contribution in [2.45, 2.75) is 25.6 Å². The van der Waals surface area contributed by atoms with Crippen LogP contribution in [-0.2, 0) is 11.3 Å². The molecule has 3 rings (SSSR count). The van der Waals surface area contributed by atoms with Gasteiger partial charge in [-0.05, 0) is 18.1 Å². The lowest BCUT2D eigenvalue weighted by molar-refractivity contribution is -0.0960. The maximum absolute atomic E-state index is 9.69. The molecular weight excluding hydrogens is 274 g/mol. The van der Waals surface area contributed by atoms with Crippen LogP contribution in [0.2, 0.25) is 0 Å². The van der Waals surface area contributed by atoms with Crippen molar-refractivity contribution in [2.24, 2.45) is 0 Å². The molecule has 116 valence electrons. The van der Waals surface area contributed by atoms with E-state index in [1.807, 2.05) is 18.2 Å². The average Bonchev–Trinajstić information content (AvgIpc) is 2.57. The van der Waals surface area contributed by atoms with E-state index in [1.165, 1.54) is 16.7 Å². The molecule has 0 bridgehead atoms. The number of nitrogens with zero attached hydrogens (tertiary/aromatic N) is 1. The number of hydrogen-bond acceptors (Lipinski definition) is 3. The predicted molar refractivity (Wildman–Crippen MR) is 87.6 cm³/mol. The first-order chi connectivity index (χ1) is 10.8. The summed E-state index contributed by atoms with van der Waals surface area (Å²) >= 11 is 0. The molecule has 3 nitrogen and oxygen atoms in total. The third-order valence-electron chi connectivity index (χ3n) is 4.28. The fraction of sp³-hybridized carbons (Fsp3) is 0.368. The van der Waals surface area contributed by atoms with Crippen LogP contribution in [0.4, 0.5) is 0 Å². The SMILES string of the molecule is Cc1ccc(CN2CCO[C@H](CO)[C@H]2c2ccccc2)cc1. The van der Waals surface area contributed by atoms with E-state index in [-0.39, 0.29) is 18.8 Å². The molecule has 1 fully saturated rings. The fourth-order valence-corrected chi connectivity index (χ4v) is 3.12. The lowest BCUT2D eigenvalue weighted by Gasteiger charge is -2.41. The predicted octanol–water partition coefficient (Wildman–Crippen LogP) is 2.93. The van der Waals surface area contributed by atoms with Crippen molar-refractivity contribution in [3.8, 4) is 0 Å². The van der Waals surface area contributed by atoms with Crippen LogP contribution in [-0.4, -0.2) is 35.9 Å². The Morgan fingerprint density at radius 2 is 1.82 bits per heavy atom. The summed E-state index contributed by atoms with van der Waals surface area (Å²) in [7, 11) is 0. The number of rotatable bonds is 4. The zero-order valence-corrected chi connectivity index (χ0v) is 13.0. The molecule has 1 aliphatic heterocycles. The minimum atomic E-state index is -0.165. The summed E-state index contributed by atoms with van der Waals surface area (Å²) in [5.41, 5.74) is 3.78. The van der Waals surface area contributed by atoms with Crippen LogP contribution >= 0.6 is 0 Å². The van der Waals surface area contributed by atoms with Gasteiger partial charge in [0.1, 0.15) is 6.10 Å². The highest BCUT2D eigenvalue weighted by Gasteiger charge is 2.32. The number of benzene rings is 2. The third kappa shape index (κ3) is 3.38. The van der Waals surface area contributed by atoms with E-state index in [0.29, 0.717) is 6.61 Å². The van der Waals surface area contributed by atoms with Crippen LogP contribution in [0, 0.1) is 6.92 Å². The Balaban J connectivity index is 1.84. The van der Waals surface area contributed by atoms with E-state index in [0.717, 1.165) is 13.1 Å². The van der Waals surface area contributed by atoms with E-state index < -0.39 is 0 Å². The molecule has 0 amide bonds. The van der Waals surface area contributed by atoms with Gasteiger partial charge in [-0.25, -0.2) is 0 Å². The minimum Gasteiger partial charge on any atom is -0.394 e. The molecule has 1 aliphatic rings. The van der Waals surface area contributed by atoms with Gasteiger partial charge in [0.25, 0.3) is 0 Å². The van der Waals surface area contributed by atoms with Crippen LogP contribution in [0.1, 0.15) is 22.7 Å². The molecule has 2 atom stereocenters. The molecule has 1 saturated heterocycles. The maximum atomic E-state index is 9.69. The Morgan fingerprint density at radius 3 is 2.50 bits per heavy atom. The summed E-state index contributed by atoms with van der Waals surface area (Å²) in [6.45, 7) is 4.57. The van der Waals surface area contributed by atoms with Crippen LogP contribution in [0.15, 0.2) is 54.6 Å². The van der Waals surface area contributed by atoms with Gasteiger partial charge in [-0.3, -0.25) is 4.90 Å². The smallest absolute Gasteiger partial charge is 0.100 e. The Kier molecular flexibility index (Phi) is 4.88. The van der Waals surface area contributed by atoms with Gasteiger partial charge in [-0.2, -0.15) is 0 Å². The molecule has 22 heavy (non-hydrogen) atoms. The molecular formula is C19H23NO2. The summed E-state index contributed by atoms with van der Waals surface area (Å²) in [5.74, 6) is 0. The fourth-order valence-electron chi connectivity index (χ4n) is 3.12. The Labute approximate surface area is 132 Å². The quantitative estimate of drug-likeness (QED) is 0.942. The van der Waals surface area contributed by atoms with Crippen molar-refractivity contribution in [1.82, 2.24) is 4.90 Å². The van der Waals surface area contributed by atoms with Gasteiger partial charge >= 0.3 is 0 Å². The molecule has 0 unspecified atom stereocenters. The molecule has 2 aromatic rings. The number of ether oxygens (including phenoxy) is 1. The lowest BCUT2D eigenvalue weighted by atomic mass is 9.97. The van der Waals surface area contributed by atoms with Crippen LogP contribution in [0.3, 0.4) is 0 Å². The number of aliphatic hydroxyl groups is 1. The Bertz CT molecular complexity index is 582. The summed E-state index contributed by atoms with van der Waals surface area (Å²) in [5, 5.41) is 9.69. The van der Waals surface area contributed by atoms with Crippen molar-refractivity contribution < 1.29 is 9.84 Å². The lowest BCUT2D eigenvalue weighted by Crippen LogP contribution is -2.46. The summed E-state index contributed by atoms with van der Waals surface area (Å²) in [6.07, 6.45) is -0.165. The number of hydrogen-bond donors (Lipinski definition) is 1. The average molecular weight is 297 g/mol. The molecule has 3 heteroatoms. The largest absolute Gasteiger partial charge is 0.394 e. The first kappa shape index (κ1) is 15.2. The first-order valence-corrected chi connectivity index (χ1v) is 7.85. The highest BCUT2D eigenvalue weighted by Crippen LogP contribution is 2.30. The summed E-state index contributed by atoms with van der Waals surface area (Å²) < 4.78 is 5.79. The molecule has 0 saturated carbocycles. The molecule has 1 heterocycles. The Morgan fingerprint density at radius 1 is 1.09 bits per heavy atom. The van der Waals surface area contributed by atoms with Crippen LogP contribution < -0.4 is 0 Å². The minimum absolute atomic E-state index is 0.0456. The van der Waals surface area contributed by atoms with Gasteiger partial charge < -0.3 is 9.84 Å². The van der Waals surface area contributed by atoms with E-state index in [4.69, 9.17) is 4.74 Å². The van der Waals surface area contributed by atoms with Gasteiger partial charge in [-0.1, -0.05) is 60.2 Å². The summed E-state index contributed by atoms with van der Waals surface area (Å²) in [6, 6.07) is 19.1. The topological polar surface area (TPSA) is 32.7 Å².